The van der Waals surface area contributed by atoms with Gasteiger partial charge in [0.15, 0.2) is 0 Å². The molecular weight excluding hydrogens is 386 g/mol. The van der Waals surface area contributed by atoms with Gasteiger partial charge in [0, 0.05) is 42.5 Å². The maximum Gasteiger partial charge on any atom is 0.134 e. The summed E-state index contributed by atoms with van der Waals surface area (Å²) in [5.41, 5.74) is 10.2. The Bertz CT molecular complexity index is 988. The van der Waals surface area contributed by atoms with Crippen molar-refractivity contribution in [3.8, 4) is 16.9 Å². The van der Waals surface area contributed by atoms with Gasteiger partial charge in [-0.05, 0) is 42.2 Å². The van der Waals surface area contributed by atoms with Gasteiger partial charge >= 0.3 is 0 Å². The summed E-state index contributed by atoms with van der Waals surface area (Å²) >= 11 is 1.51. The van der Waals surface area contributed by atoms with E-state index in [4.69, 9.17) is 9.92 Å². The molecule has 0 aliphatic rings. The zero-order chi connectivity index (χ0) is 21.1. The first-order valence-corrected chi connectivity index (χ1v) is 9.95. The summed E-state index contributed by atoms with van der Waals surface area (Å²) < 4.78 is 4.70. The lowest BCUT2D eigenvalue weighted by molar-refractivity contribution is 0.473. The van der Waals surface area contributed by atoms with E-state index in [1.807, 2.05) is 18.2 Å². The van der Waals surface area contributed by atoms with Gasteiger partial charge in [-0.15, -0.1) is 0 Å². The first kappa shape index (κ1) is 22.3. The van der Waals surface area contributed by atoms with E-state index in [9.17, 15) is 5.11 Å². The first-order valence-electron chi connectivity index (χ1n) is 9.04. The van der Waals surface area contributed by atoms with E-state index < -0.39 is 0 Å². The van der Waals surface area contributed by atoms with Gasteiger partial charge in [-0.3, -0.25) is 15.0 Å². The summed E-state index contributed by atoms with van der Waals surface area (Å²) in [6.07, 6.45) is 9.03. The number of aromatic hydroxyl groups is 1. The van der Waals surface area contributed by atoms with Crippen molar-refractivity contribution in [3.05, 3.63) is 54.7 Å². The van der Waals surface area contributed by atoms with Crippen LogP contribution in [0.2, 0.25) is 0 Å². The molecule has 29 heavy (non-hydrogen) atoms. The topological polar surface area (TPSA) is 107 Å². The second-order valence-electron chi connectivity index (χ2n) is 5.89. The molecule has 2 heterocycles. The van der Waals surface area contributed by atoms with Gasteiger partial charge < -0.3 is 15.0 Å². The number of nitrogens with two attached hydrogens (primary N) is 1. The Balaban J connectivity index is 0.000000438. The smallest absolute Gasteiger partial charge is 0.134 e. The number of pyridine rings is 1. The minimum Gasteiger partial charge on any atom is -0.506 e. The molecule has 2 aromatic heterocycles. The van der Waals surface area contributed by atoms with Gasteiger partial charge in [0.25, 0.3) is 0 Å². The normalized spacial score (nSPS) is 11.5. The number of aromatic nitrogens is 3. The Hall–Kier alpha value is -2.97. The van der Waals surface area contributed by atoms with Crippen LogP contribution in [0.25, 0.3) is 27.7 Å². The van der Waals surface area contributed by atoms with Crippen molar-refractivity contribution >= 4 is 34.9 Å². The molecule has 0 radical (unpaired) electrons. The molecule has 3 N–H and O–H groups in total. The van der Waals surface area contributed by atoms with Crippen LogP contribution in [0.3, 0.4) is 0 Å². The second kappa shape index (κ2) is 11.8. The number of fused-ring (bicyclic) bond motifs is 1. The lowest BCUT2D eigenvalue weighted by atomic mass is 10.1. The number of allylic oxidation sites excluding steroid dienone is 1. The maximum absolute atomic E-state index is 9.57. The Morgan fingerprint density at radius 3 is 2.66 bits per heavy atom. The molecule has 0 atom stereocenters. The monoisotopic (exact) mass is 411 g/mol. The van der Waals surface area contributed by atoms with Crippen molar-refractivity contribution in [2.45, 2.75) is 13.3 Å². The summed E-state index contributed by atoms with van der Waals surface area (Å²) in [7, 11) is 3.37. The number of benzene rings is 1. The van der Waals surface area contributed by atoms with Crippen molar-refractivity contribution in [1.29, 1.82) is 0 Å². The number of hydrogen-bond donors (Lipinski definition) is 2. The molecule has 0 saturated carbocycles. The highest BCUT2D eigenvalue weighted by molar-refractivity contribution is 7.94. The van der Waals surface area contributed by atoms with Crippen LogP contribution in [0.1, 0.15) is 19.0 Å². The standard InChI is InChI=1S/C17H15N5O.C4H10OS/c1-19-7-13(6-18)17-10-21-15-3-2-11(5-16(15)22-17)12-4-14(23)9-20-8-12;1-3-4-6-5-2/h2-10,23H,18H2,1H3;3-4H2,1-2H3/b13-6+,19-7?;. The minimum atomic E-state index is 0.120. The van der Waals surface area contributed by atoms with Gasteiger partial charge in [0.05, 0.1) is 36.2 Å². The molecule has 0 fully saturated rings. The molecule has 0 spiro atoms. The zero-order valence-electron chi connectivity index (χ0n) is 16.7. The van der Waals surface area contributed by atoms with Gasteiger partial charge in [-0.2, -0.15) is 0 Å². The fraction of sp³-hybridized carbons (Fsp3) is 0.238. The van der Waals surface area contributed by atoms with Crippen molar-refractivity contribution in [2.75, 3.05) is 19.9 Å². The fourth-order valence-electron chi connectivity index (χ4n) is 2.42. The number of aliphatic imine (C=N–C) groups is 1. The predicted molar refractivity (Wildman–Crippen MR) is 121 cm³/mol. The average molecular weight is 412 g/mol. The number of nitrogens with zero attached hydrogens (tertiary/aromatic N) is 4. The van der Waals surface area contributed by atoms with E-state index in [-0.39, 0.29) is 5.75 Å². The summed E-state index contributed by atoms with van der Waals surface area (Å²) in [5, 5.41) is 9.57. The third-order valence-electron chi connectivity index (χ3n) is 3.75. The Labute approximate surface area is 175 Å². The molecule has 0 bridgehead atoms. The molecule has 152 valence electrons. The molecule has 0 saturated heterocycles. The third kappa shape index (κ3) is 6.55. The Morgan fingerprint density at radius 1 is 1.21 bits per heavy atom. The number of hydrogen-bond acceptors (Lipinski definition) is 8. The number of rotatable bonds is 6. The molecule has 0 aliphatic heterocycles. The van der Waals surface area contributed by atoms with Crippen molar-refractivity contribution in [1.82, 2.24) is 15.0 Å². The lowest BCUT2D eigenvalue weighted by Crippen LogP contribution is -1.97. The van der Waals surface area contributed by atoms with E-state index in [0.29, 0.717) is 11.3 Å². The fourth-order valence-corrected chi connectivity index (χ4v) is 2.75. The highest BCUT2D eigenvalue weighted by atomic mass is 32.2. The van der Waals surface area contributed by atoms with Crippen LogP contribution < -0.4 is 5.73 Å². The molecule has 7 nitrogen and oxygen atoms in total. The molecule has 3 rings (SSSR count). The quantitative estimate of drug-likeness (QED) is 0.357. The molecule has 0 unspecified atom stereocenters. The van der Waals surface area contributed by atoms with Gasteiger partial charge in [-0.25, -0.2) is 4.98 Å². The molecule has 1 aromatic carbocycles. The predicted octanol–water partition coefficient (Wildman–Crippen LogP) is 4.09. The SMILES string of the molecule is CCCSOC.CN=C/C(=C\N)c1cnc2ccc(-c3cncc(O)c3)cc2n1. The molecule has 0 amide bonds. The summed E-state index contributed by atoms with van der Waals surface area (Å²) in [4.78, 5) is 16.9. The van der Waals surface area contributed by atoms with Crippen molar-refractivity contribution < 1.29 is 9.29 Å². The average Bonchev–Trinajstić information content (AvgIpc) is 2.75. The van der Waals surface area contributed by atoms with Crippen LogP contribution in [-0.4, -0.2) is 46.2 Å². The zero-order valence-corrected chi connectivity index (χ0v) is 17.6. The second-order valence-corrected chi connectivity index (χ2v) is 6.87. The molecular formula is C21H25N5O2S. The first-order chi connectivity index (χ1) is 14.1. The third-order valence-corrected chi connectivity index (χ3v) is 4.56. The largest absolute Gasteiger partial charge is 0.506 e. The Kier molecular flexibility index (Phi) is 9.07. The van der Waals surface area contributed by atoms with E-state index in [1.165, 1.54) is 30.9 Å². The van der Waals surface area contributed by atoms with Crippen LogP contribution in [0, 0.1) is 0 Å². The van der Waals surface area contributed by atoms with Crippen LogP contribution in [0.4, 0.5) is 0 Å². The van der Waals surface area contributed by atoms with Gasteiger partial charge in [0.2, 0.25) is 0 Å². The molecule has 3 aromatic rings. The highest BCUT2D eigenvalue weighted by Gasteiger charge is 2.06. The van der Waals surface area contributed by atoms with Crippen LogP contribution in [-0.2, 0) is 4.18 Å². The summed E-state index contributed by atoms with van der Waals surface area (Å²) in [5.74, 6) is 1.23. The molecule has 8 heteroatoms. The van der Waals surface area contributed by atoms with Gasteiger partial charge in [0.1, 0.15) is 5.75 Å². The van der Waals surface area contributed by atoms with Crippen molar-refractivity contribution in [2.24, 2.45) is 10.7 Å². The van der Waals surface area contributed by atoms with Crippen LogP contribution in [0.5, 0.6) is 5.75 Å². The lowest BCUT2D eigenvalue weighted by Gasteiger charge is -2.06. The van der Waals surface area contributed by atoms with Crippen LogP contribution >= 0.6 is 12.0 Å². The summed E-state index contributed by atoms with van der Waals surface area (Å²) in [6.45, 7) is 2.13. The maximum atomic E-state index is 9.57. The molecule has 0 aliphatic carbocycles. The van der Waals surface area contributed by atoms with Crippen molar-refractivity contribution in [3.63, 3.8) is 0 Å². The van der Waals surface area contributed by atoms with E-state index >= 15 is 0 Å². The van der Waals surface area contributed by atoms with E-state index in [2.05, 4.69) is 26.9 Å². The summed E-state index contributed by atoms with van der Waals surface area (Å²) in [6, 6.07) is 7.35. The van der Waals surface area contributed by atoms with E-state index in [1.54, 1.807) is 38.8 Å². The van der Waals surface area contributed by atoms with E-state index in [0.717, 1.165) is 27.9 Å². The van der Waals surface area contributed by atoms with Gasteiger partial charge in [-0.1, -0.05) is 13.0 Å². The minimum absolute atomic E-state index is 0.120. The Morgan fingerprint density at radius 2 is 2.03 bits per heavy atom. The highest BCUT2D eigenvalue weighted by Crippen LogP contribution is 2.25. The van der Waals surface area contributed by atoms with Crippen LogP contribution in [0.15, 0.2) is 54.0 Å².